The van der Waals surface area contributed by atoms with E-state index in [9.17, 15) is 0 Å². The molecule has 140 valence electrons. The minimum atomic E-state index is 0.416. The molecule has 0 N–H and O–H groups in total. The van der Waals surface area contributed by atoms with Gasteiger partial charge in [-0.25, -0.2) is 0 Å². The molecule has 0 saturated carbocycles. The maximum atomic E-state index is 5.64. The Bertz CT molecular complexity index is 699. The summed E-state index contributed by atoms with van der Waals surface area (Å²) in [4.78, 5) is 2.58. The zero-order valence-corrected chi connectivity index (χ0v) is 16.0. The maximum absolute atomic E-state index is 5.64. The average Bonchev–Trinajstić information content (AvgIpc) is 2.93. The molecule has 0 spiro atoms. The minimum absolute atomic E-state index is 0.416. The van der Waals surface area contributed by atoms with E-state index in [1.807, 2.05) is 12.1 Å². The number of ether oxygens (including phenoxy) is 3. The number of nitrogens with zero attached hydrogens (tertiary/aromatic N) is 1. The zero-order valence-electron chi connectivity index (χ0n) is 16.0. The fourth-order valence-corrected chi connectivity index (χ4v) is 3.86. The highest BCUT2D eigenvalue weighted by molar-refractivity contribution is 5.46. The summed E-state index contributed by atoms with van der Waals surface area (Å²) in [5.74, 6) is 2.54. The summed E-state index contributed by atoms with van der Waals surface area (Å²) in [7, 11) is 5.11. The van der Waals surface area contributed by atoms with E-state index in [0.717, 1.165) is 30.3 Å². The van der Waals surface area contributed by atoms with Crippen LogP contribution in [0.1, 0.15) is 42.9 Å². The summed E-state index contributed by atoms with van der Waals surface area (Å²) in [5.41, 5.74) is 2.53. The first kappa shape index (κ1) is 18.6. The summed E-state index contributed by atoms with van der Waals surface area (Å²) >= 11 is 0. The number of hydrogen-bond donors (Lipinski definition) is 0. The van der Waals surface area contributed by atoms with Gasteiger partial charge in [-0.1, -0.05) is 37.1 Å². The van der Waals surface area contributed by atoms with Crippen LogP contribution in [0.15, 0.2) is 42.5 Å². The molecule has 1 aliphatic rings. The van der Waals surface area contributed by atoms with E-state index in [4.69, 9.17) is 14.2 Å². The lowest BCUT2D eigenvalue weighted by Gasteiger charge is -2.31. The maximum Gasteiger partial charge on any atom is 0.165 e. The highest BCUT2D eigenvalue weighted by Gasteiger charge is 2.24. The lowest BCUT2D eigenvalue weighted by Crippen LogP contribution is -2.28. The van der Waals surface area contributed by atoms with Gasteiger partial charge in [0, 0.05) is 18.2 Å². The first-order valence-corrected chi connectivity index (χ1v) is 9.34. The number of methoxy groups -OCH3 is 3. The van der Waals surface area contributed by atoms with Crippen molar-refractivity contribution < 1.29 is 14.2 Å². The van der Waals surface area contributed by atoms with E-state index >= 15 is 0 Å². The minimum Gasteiger partial charge on any atom is -0.497 e. The van der Waals surface area contributed by atoms with E-state index in [1.165, 1.54) is 36.8 Å². The van der Waals surface area contributed by atoms with Crippen molar-refractivity contribution in [2.45, 2.75) is 38.3 Å². The van der Waals surface area contributed by atoms with E-state index in [2.05, 4.69) is 35.2 Å². The first-order chi connectivity index (χ1) is 12.8. The van der Waals surface area contributed by atoms with Crippen LogP contribution in [0.3, 0.4) is 0 Å². The van der Waals surface area contributed by atoms with Gasteiger partial charge in [0.1, 0.15) is 5.75 Å². The molecular formula is C22H29NO3. The molecule has 0 bridgehead atoms. The molecule has 2 aromatic rings. The number of benzene rings is 2. The van der Waals surface area contributed by atoms with Crippen molar-refractivity contribution in [3.05, 3.63) is 53.6 Å². The largest absolute Gasteiger partial charge is 0.497 e. The van der Waals surface area contributed by atoms with E-state index in [-0.39, 0.29) is 0 Å². The Morgan fingerprint density at radius 3 is 2.38 bits per heavy atom. The van der Waals surface area contributed by atoms with Gasteiger partial charge >= 0.3 is 0 Å². The van der Waals surface area contributed by atoms with Gasteiger partial charge in [0.2, 0.25) is 0 Å². The van der Waals surface area contributed by atoms with Crippen LogP contribution in [0, 0.1) is 0 Å². The smallest absolute Gasteiger partial charge is 0.165 e. The fourth-order valence-electron chi connectivity index (χ4n) is 3.86. The number of likely N-dealkylation sites (tertiary alicyclic amines) is 1. The third-order valence-corrected chi connectivity index (χ3v) is 5.22. The third kappa shape index (κ3) is 4.13. The molecule has 0 aliphatic carbocycles. The lowest BCUT2D eigenvalue weighted by atomic mass is 10.00. The van der Waals surface area contributed by atoms with Gasteiger partial charge in [-0.15, -0.1) is 0 Å². The standard InChI is InChI=1S/C22H29NO3/c1-24-19-13-11-17(12-14-19)20-9-5-4-6-15-23(20)16-18-8-7-10-21(25-2)22(18)26-3/h7-8,10-14,20H,4-6,9,15-16H2,1-3H3/t20-/m0/s1. The second-order valence-electron chi connectivity index (χ2n) is 6.76. The van der Waals surface area contributed by atoms with Crippen molar-refractivity contribution in [2.24, 2.45) is 0 Å². The van der Waals surface area contributed by atoms with Crippen LogP contribution >= 0.6 is 0 Å². The molecule has 0 unspecified atom stereocenters. The summed E-state index contributed by atoms with van der Waals surface area (Å²) in [6, 6.07) is 15.1. The van der Waals surface area contributed by atoms with Crippen LogP contribution in [0.2, 0.25) is 0 Å². The Morgan fingerprint density at radius 1 is 0.885 bits per heavy atom. The van der Waals surface area contributed by atoms with E-state index in [1.54, 1.807) is 21.3 Å². The van der Waals surface area contributed by atoms with Crippen molar-refractivity contribution in [1.29, 1.82) is 0 Å². The van der Waals surface area contributed by atoms with Gasteiger partial charge < -0.3 is 14.2 Å². The lowest BCUT2D eigenvalue weighted by molar-refractivity contribution is 0.189. The molecule has 1 fully saturated rings. The monoisotopic (exact) mass is 355 g/mol. The third-order valence-electron chi connectivity index (χ3n) is 5.22. The molecule has 4 nitrogen and oxygen atoms in total. The molecule has 1 aliphatic heterocycles. The second kappa shape index (κ2) is 8.95. The molecule has 26 heavy (non-hydrogen) atoms. The van der Waals surface area contributed by atoms with Crippen LogP contribution in [0.4, 0.5) is 0 Å². The summed E-state index contributed by atoms with van der Waals surface area (Å²) in [6.45, 7) is 1.95. The Balaban J connectivity index is 1.87. The Labute approximate surface area is 156 Å². The second-order valence-corrected chi connectivity index (χ2v) is 6.76. The van der Waals surface area contributed by atoms with Crippen LogP contribution in [0.5, 0.6) is 17.2 Å². The molecule has 2 aromatic carbocycles. The molecule has 0 amide bonds. The highest BCUT2D eigenvalue weighted by atomic mass is 16.5. The van der Waals surface area contributed by atoms with Crippen molar-refractivity contribution in [2.75, 3.05) is 27.9 Å². The first-order valence-electron chi connectivity index (χ1n) is 9.34. The SMILES string of the molecule is COc1ccc([C@@H]2CCCCCN2Cc2cccc(OC)c2OC)cc1. The van der Waals surface area contributed by atoms with Crippen molar-refractivity contribution in [3.8, 4) is 17.2 Å². The molecule has 0 aromatic heterocycles. The van der Waals surface area contributed by atoms with Gasteiger partial charge in [0.15, 0.2) is 11.5 Å². The Morgan fingerprint density at radius 2 is 1.69 bits per heavy atom. The van der Waals surface area contributed by atoms with Gasteiger partial charge in [-0.05, 0) is 43.1 Å². The zero-order chi connectivity index (χ0) is 18.4. The molecule has 1 atom stereocenters. The van der Waals surface area contributed by atoms with Gasteiger partial charge in [-0.2, -0.15) is 0 Å². The van der Waals surface area contributed by atoms with Crippen LogP contribution in [-0.2, 0) is 6.54 Å². The molecule has 4 heteroatoms. The molecule has 0 radical (unpaired) electrons. The van der Waals surface area contributed by atoms with E-state index in [0.29, 0.717) is 6.04 Å². The predicted octanol–water partition coefficient (Wildman–Crippen LogP) is 4.83. The molecule has 3 rings (SSSR count). The Hall–Kier alpha value is -2.20. The van der Waals surface area contributed by atoms with Crippen LogP contribution < -0.4 is 14.2 Å². The predicted molar refractivity (Wildman–Crippen MR) is 104 cm³/mol. The van der Waals surface area contributed by atoms with Crippen LogP contribution in [0.25, 0.3) is 0 Å². The summed E-state index contributed by atoms with van der Waals surface area (Å²) in [6.07, 6.45) is 4.97. The van der Waals surface area contributed by atoms with Gasteiger partial charge in [0.25, 0.3) is 0 Å². The van der Waals surface area contributed by atoms with Crippen molar-refractivity contribution in [1.82, 2.24) is 4.90 Å². The summed E-state index contributed by atoms with van der Waals surface area (Å²) < 4.78 is 16.4. The Kier molecular flexibility index (Phi) is 6.40. The van der Waals surface area contributed by atoms with E-state index < -0.39 is 0 Å². The molecule has 1 heterocycles. The number of rotatable bonds is 6. The van der Waals surface area contributed by atoms with Crippen molar-refractivity contribution >= 4 is 0 Å². The topological polar surface area (TPSA) is 30.9 Å². The fraction of sp³-hybridized carbons (Fsp3) is 0.455. The highest BCUT2D eigenvalue weighted by Crippen LogP contribution is 2.36. The van der Waals surface area contributed by atoms with Gasteiger partial charge in [-0.3, -0.25) is 4.90 Å². The van der Waals surface area contributed by atoms with Crippen LogP contribution in [-0.4, -0.2) is 32.8 Å². The van der Waals surface area contributed by atoms with Crippen molar-refractivity contribution in [3.63, 3.8) is 0 Å². The quantitative estimate of drug-likeness (QED) is 0.743. The summed E-state index contributed by atoms with van der Waals surface area (Å²) in [5, 5.41) is 0. The average molecular weight is 355 g/mol. The number of para-hydroxylation sites is 1. The normalized spacial score (nSPS) is 18.2. The number of hydrogen-bond acceptors (Lipinski definition) is 4. The molecule has 1 saturated heterocycles. The van der Waals surface area contributed by atoms with Gasteiger partial charge in [0.05, 0.1) is 21.3 Å². The molecular weight excluding hydrogens is 326 g/mol.